The van der Waals surface area contributed by atoms with Gasteiger partial charge in [-0.05, 0) is 24.1 Å². The van der Waals surface area contributed by atoms with Gasteiger partial charge >= 0.3 is 0 Å². The van der Waals surface area contributed by atoms with E-state index in [1.807, 2.05) is 0 Å². The van der Waals surface area contributed by atoms with E-state index in [0.717, 1.165) is 5.56 Å². The van der Waals surface area contributed by atoms with Crippen molar-refractivity contribution in [3.8, 4) is 5.75 Å². The first-order chi connectivity index (χ1) is 6.87. The van der Waals surface area contributed by atoms with E-state index in [2.05, 4.69) is 0 Å². The number of phenols is 1. The number of hydrogen-bond acceptors (Lipinski definition) is 4. The molecule has 1 rings (SSSR count). The van der Waals surface area contributed by atoms with Crippen molar-refractivity contribution in [3.05, 3.63) is 29.8 Å². The van der Waals surface area contributed by atoms with Gasteiger partial charge in [-0.25, -0.2) is 13.6 Å². The molecule has 0 aliphatic rings. The summed E-state index contributed by atoms with van der Waals surface area (Å²) >= 11 is 0. The lowest BCUT2D eigenvalue weighted by Crippen LogP contribution is -2.27. The SMILES string of the molecule is NS(=O)(=O)CC(O)Cc1ccc(O)cc1. The van der Waals surface area contributed by atoms with E-state index >= 15 is 0 Å². The van der Waals surface area contributed by atoms with Gasteiger partial charge in [-0.1, -0.05) is 12.1 Å². The van der Waals surface area contributed by atoms with Gasteiger partial charge < -0.3 is 10.2 Å². The summed E-state index contributed by atoms with van der Waals surface area (Å²) in [4.78, 5) is 0. The number of rotatable bonds is 4. The topological polar surface area (TPSA) is 101 Å². The Bertz CT molecular complexity index is 412. The fourth-order valence-electron chi connectivity index (χ4n) is 1.23. The van der Waals surface area contributed by atoms with Crippen LogP contribution in [0, 0.1) is 0 Å². The smallest absolute Gasteiger partial charge is 0.211 e. The van der Waals surface area contributed by atoms with Crippen LogP contribution in [-0.4, -0.2) is 30.5 Å². The molecular weight excluding hydrogens is 218 g/mol. The highest BCUT2D eigenvalue weighted by molar-refractivity contribution is 7.89. The molecule has 0 bridgehead atoms. The van der Waals surface area contributed by atoms with Crippen molar-refractivity contribution in [1.82, 2.24) is 0 Å². The molecule has 0 spiro atoms. The second-order valence-electron chi connectivity index (χ2n) is 3.35. The van der Waals surface area contributed by atoms with Crippen molar-refractivity contribution in [2.24, 2.45) is 5.14 Å². The van der Waals surface area contributed by atoms with E-state index in [1.54, 1.807) is 12.1 Å². The molecule has 0 saturated carbocycles. The Labute approximate surface area is 88.2 Å². The highest BCUT2D eigenvalue weighted by atomic mass is 32.2. The number of aromatic hydroxyl groups is 1. The third-order valence-corrected chi connectivity index (χ3v) is 2.68. The van der Waals surface area contributed by atoms with Crippen LogP contribution in [0.2, 0.25) is 0 Å². The highest BCUT2D eigenvalue weighted by Crippen LogP contribution is 2.11. The molecule has 0 amide bonds. The maximum absolute atomic E-state index is 10.7. The molecule has 15 heavy (non-hydrogen) atoms. The third kappa shape index (κ3) is 4.78. The van der Waals surface area contributed by atoms with Crippen LogP contribution >= 0.6 is 0 Å². The molecule has 0 heterocycles. The first-order valence-corrected chi connectivity index (χ1v) is 6.05. The standard InChI is InChI=1S/C9H13NO4S/c10-15(13,14)6-9(12)5-7-1-3-8(11)4-2-7/h1-4,9,11-12H,5-6H2,(H2,10,13,14). The zero-order valence-corrected chi connectivity index (χ0v) is 8.81. The Morgan fingerprint density at radius 1 is 1.27 bits per heavy atom. The number of aliphatic hydroxyl groups is 1. The molecule has 0 aliphatic heterocycles. The molecule has 1 unspecified atom stereocenters. The molecule has 1 aromatic carbocycles. The van der Waals surface area contributed by atoms with Gasteiger partial charge in [0, 0.05) is 0 Å². The van der Waals surface area contributed by atoms with Gasteiger partial charge in [0.1, 0.15) is 5.75 Å². The van der Waals surface area contributed by atoms with E-state index < -0.39 is 21.9 Å². The van der Waals surface area contributed by atoms with E-state index in [4.69, 9.17) is 10.2 Å². The lowest BCUT2D eigenvalue weighted by Gasteiger charge is -2.08. The first kappa shape index (κ1) is 12.0. The second kappa shape index (κ2) is 4.61. The maximum atomic E-state index is 10.7. The summed E-state index contributed by atoms with van der Waals surface area (Å²) in [5, 5.41) is 23.2. The van der Waals surface area contributed by atoms with Crippen molar-refractivity contribution >= 4 is 10.0 Å². The number of phenolic OH excluding ortho intramolecular Hbond substituents is 1. The normalized spacial score (nSPS) is 13.7. The fraction of sp³-hybridized carbons (Fsp3) is 0.333. The molecular formula is C9H13NO4S. The average Bonchev–Trinajstić information content (AvgIpc) is 2.05. The van der Waals surface area contributed by atoms with Crippen molar-refractivity contribution in [2.45, 2.75) is 12.5 Å². The summed E-state index contributed by atoms with van der Waals surface area (Å²) in [6.45, 7) is 0. The molecule has 1 aromatic rings. The molecule has 4 N–H and O–H groups in total. The van der Waals surface area contributed by atoms with Gasteiger partial charge in [-0.15, -0.1) is 0 Å². The predicted octanol–water partition coefficient (Wildman–Crippen LogP) is -0.416. The van der Waals surface area contributed by atoms with Crippen LogP contribution in [0.5, 0.6) is 5.75 Å². The van der Waals surface area contributed by atoms with Crippen LogP contribution in [0.1, 0.15) is 5.56 Å². The molecule has 0 fully saturated rings. The van der Waals surface area contributed by atoms with Crippen molar-refractivity contribution in [2.75, 3.05) is 5.75 Å². The highest BCUT2D eigenvalue weighted by Gasteiger charge is 2.13. The Balaban J connectivity index is 2.59. The number of aliphatic hydroxyl groups excluding tert-OH is 1. The maximum Gasteiger partial charge on any atom is 0.211 e. The van der Waals surface area contributed by atoms with Crippen LogP contribution in [0.25, 0.3) is 0 Å². The van der Waals surface area contributed by atoms with Crippen LogP contribution < -0.4 is 5.14 Å². The van der Waals surface area contributed by atoms with Crippen LogP contribution in [0.15, 0.2) is 24.3 Å². The van der Waals surface area contributed by atoms with Crippen molar-refractivity contribution in [3.63, 3.8) is 0 Å². The number of benzene rings is 1. The fourth-order valence-corrected chi connectivity index (χ4v) is 1.89. The zero-order chi connectivity index (χ0) is 11.5. The molecule has 0 radical (unpaired) electrons. The molecule has 84 valence electrons. The minimum atomic E-state index is -3.65. The van der Waals surface area contributed by atoms with Gasteiger partial charge in [0.05, 0.1) is 11.9 Å². The van der Waals surface area contributed by atoms with E-state index in [0.29, 0.717) is 0 Å². The van der Waals surface area contributed by atoms with Crippen LogP contribution in [0.4, 0.5) is 0 Å². The number of primary sulfonamides is 1. The average molecular weight is 231 g/mol. The minimum Gasteiger partial charge on any atom is -0.508 e. The number of sulfonamides is 1. The van der Waals surface area contributed by atoms with Crippen molar-refractivity contribution in [1.29, 1.82) is 0 Å². The largest absolute Gasteiger partial charge is 0.508 e. The molecule has 6 heteroatoms. The summed E-state index contributed by atoms with van der Waals surface area (Å²) in [6.07, 6.45) is -0.832. The lowest BCUT2D eigenvalue weighted by atomic mass is 10.1. The Kier molecular flexibility index (Phi) is 3.67. The van der Waals surface area contributed by atoms with Crippen molar-refractivity contribution < 1.29 is 18.6 Å². The Morgan fingerprint density at radius 2 is 1.80 bits per heavy atom. The summed E-state index contributed by atoms with van der Waals surface area (Å²) in [5.74, 6) is -0.340. The number of hydrogen-bond donors (Lipinski definition) is 3. The molecule has 0 saturated heterocycles. The quantitative estimate of drug-likeness (QED) is 0.655. The predicted molar refractivity (Wildman–Crippen MR) is 55.8 cm³/mol. The third-order valence-electron chi connectivity index (χ3n) is 1.83. The summed E-state index contributed by atoms with van der Waals surface area (Å²) in [7, 11) is -3.65. The lowest BCUT2D eigenvalue weighted by molar-refractivity contribution is 0.198. The van der Waals surface area contributed by atoms with Gasteiger partial charge in [-0.3, -0.25) is 0 Å². The molecule has 0 aliphatic carbocycles. The Morgan fingerprint density at radius 3 is 2.27 bits per heavy atom. The summed E-state index contributed by atoms with van der Waals surface area (Å²) < 4.78 is 21.3. The number of nitrogens with two attached hydrogens (primary N) is 1. The minimum absolute atomic E-state index is 0.125. The monoisotopic (exact) mass is 231 g/mol. The van der Waals surface area contributed by atoms with Gasteiger partial charge in [-0.2, -0.15) is 0 Å². The Hall–Kier alpha value is -1.11. The molecule has 5 nitrogen and oxygen atoms in total. The van der Waals surface area contributed by atoms with E-state index in [1.165, 1.54) is 12.1 Å². The second-order valence-corrected chi connectivity index (χ2v) is 5.01. The summed E-state index contributed by atoms with van der Waals surface area (Å²) in [5.41, 5.74) is 0.740. The van der Waals surface area contributed by atoms with E-state index in [9.17, 15) is 13.5 Å². The van der Waals surface area contributed by atoms with Crippen LogP contribution in [-0.2, 0) is 16.4 Å². The van der Waals surface area contributed by atoms with E-state index in [-0.39, 0.29) is 12.2 Å². The van der Waals surface area contributed by atoms with Gasteiger partial charge in [0.25, 0.3) is 0 Å². The van der Waals surface area contributed by atoms with Gasteiger partial charge in [0.2, 0.25) is 10.0 Å². The summed E-state index contributed by atoms with van der Waals surface area (Å²) in [6, 6.07) is 6.17. The first-order valence-electron chi connectivity index (χ1n) is 4.33. The molecule has 1 atom stereocenters. The van der Waals surface area contributed by atoms with Crippen LogP contribution in [0.3, 0.4) is 0 Å². The molecule has 0 aromatic heterocycles. The zero-order valence-electron chi connectivity index (χ0n) is 8.00. The van der Waals surface area contributed by atoms with Gasteiger partial charge in [0.15, 0.2) is 0 Å².